The van der Waals surface area contributed by atoms with E-state index in [1.54, 1.807) is 0 Å². The minimum atomic E-state index is -3.48. The van der Waals surface area contributed by atoms with Crippen molar-refractivity contribution in [3.8, 4) is 0 Å². The van der Waals surface area contributed by atoms with Gasteiger partial charge in [-0.3, -0.25) is 4.79 Å². The van der Waals surface area contributed by atoms with E-state index in [-0.39, 0.29) is 18.9 Å². The Kier molecular flexibility index (Phi) is 7.27. The van der Waals surface area contributed by atoms with E-state index >= 15 is 0 Å². The molecule has 0 fully saturated rings. The van der Waals surface area contributed by atoms with Gasteiger partial charge in [0, 0.05) is 13.7 Å². The Bertz CT molecular complexity index is 301. The normalized spacial score (nSPS) is 11.9. The molecule has 0 saturated carbocycles. The van der Waals surface area contributed by atoms with Crippen LogP contribution in [0.4, 0.5) is 0 Å². The van der Waals surface area contributed by atoms with E-state index in [1.807, 2.05) is 6.92 Å². The van der Waals surface area contributed by atoms with Crippen molar-refractivity contribution in [1.29, 1.82) is 0 Å². The molecular formula is C9H19NO5S. The maximum Gasteiger partial charge on any atom is 0.318 e. The van der Waals surface area contributed by atoms with Crippen molar-refractivity contribution in [2.75, 3.05) is 32.6 Å². The van der Waals surface area contributed by atoms with Crippen LogP contribution in [0.1, 0.15) is 19.8 Å². The number of hydrogen-bond donors (Lipinski definition) is 1. The van der Waals surface area contributed by atoms with E-state index in [0.717, 1.165) is 10.7 Å². The quantitative estimate of drug-likeness (QED) is 0.632. The number of ether oxygens (including phenoxy) is 1. The summed E-state index contributed by atoms with van der Waals surface area (Å²) in [5.41, 5.74) is 0. The number of rotatable bonds is 9. The third-order valence-corrected chi connectivity index (χ3v) is 3.91. The van der Waals surface area contributed by atoms with Gasteiger partial charge in [0.05, 0.1) is 12.4 Å². The van der Waals surface area contributed by atoms with Crippen molar-refractivity contribution >= 4 is 16.0 Å². The second-order valence-corrected chi connectivity index (χ2v) is 5.48. The number of carbonyl (C=O) groups is 1. The van der Waals surface area contributed by atoms with Gasteiger partial charge in [0.2, 0.25) is 10.0 Å². The van der Waals surface area contributed by atoms with E-state index in [9.17, 15) is 13.2 Å². The molecule has 0 aromatic heterocycles. The van der Waals surface area contributed by atoms with Gasteiger partial charge in [-0.05, 0) is 6.42 Å². The number of methoxy groups -OCH3 is 1. The van der Waals surface area contributed by atoms with Gasteiger partial charge in [0.1, 0.15) is 6.54 Å². The fourth-order valence-corrected chi connectivity index (χ4v) is 2.69. The largest absolute Gasteiger partial charge is 0.480 e. The fourth-order valence-electron chi connectivity index (χ4n) is 1.12. The molecule has 0 atom stereocenters. The summed E-state index contributed by atoms with van der Waals surface area (Å²) in [5.74, 6) is -1.17. The summed E-state index contributed by atoms with van der Waals surface area (Å²) in [6.45, 7) is 1.65. The molecule has 0 aromatic rings. The van der Waals surface area contributed by atoms with Crippen LogP contribution in [-0.2, 0) is 19.6 Å². The zero-order valence-corrected chi connectivity index (χ0v) is 10.5. The number of carboxylic acid groups (broad SMARTS) is 1. The van der Waals surface area contributed by atoms with Crippen LogP contribution in [0.15, 0.2) is 0 Å². The molecule has 0 aliphatic heterocycles. The highest BCUT2D eigenvalue weighted by Crippen LogP contribution is 2.04. The lowest BCUT2D eigenvalue weighted by atomic mass is 10.4. The van der Waals surface area contributed by atoms with Crippen LogP contribution < -0.4 is 0 Å². The third-order valence-electron chi connectivity index (χ3n) is 2.01. The molecule has 0 saturated heterocycles. The molecule has 0 bridgehead atoms. The van der Waals surface area contributed by atoms with Crippen LogP contribution in [0, 0.1) is 0 Å². The summed E-state index contributed by atoms with van der Waals surface area (Å²) < 4.78 is 29.2. The minimum absolute atomic E-state index is 0.0134. The van der Waals surface area contributed by atoms with Crippen LogP contribution in [0.2, 0.25) is 0 Å². The first kappa shape index (κ1) is 15.3. The number of aliphatic carboxylic acids is 1. The van der Waals surface area contributed by atoms with Gasteiger partial charge in [-0.1, -0.05) is 13.3 Å². The first-order valence-corrected chi connectivity index (χ1v) is 6.73. The highest BCUT2D eigenvalue weighted by molar-refractivity contribution is 7.89. The molecule has 0 spiro atoms. The maximum absolute atomic E-state index is 11.7. The smallest absolute Gasteiger partial charge is 0.318 e. The van der Waals surface area contributed by atoms with E-state index < -0.39 is 22.5 Å². The monoisotopic (exact) mass is 253 g/mol. The summed E-state index contributed by atoms with van der Waals surface area (Å²) in [6.07, 6.45) is 1.29. The first-order valence-electron chi connectivity index (χ1n) is 5.12. The second kappa shape index (κ2) is 7.59. The highest BCUT2D eigenvalue weighted by Gasteiger charge is 2.23. The van der Waals surface area contributed by atoms with Crippen molar-refractivity contribution in [3.63, 3.8) is 0 Å². The van der Waals surface area contributed by atoms with Crippen molar-refractivity contribution in [2.24, 2.45) is 0 Å². The molecular weight excluding hydrogens is 234 g/mol. The summed E-state index contributed by atoms with van der Waals surface area (Å²) in [7, 11) is -2.04. The van der Waals surface area contributed by atoms with Crippen LogP contribution in [-0.4, -0.2) is 56.4 Å². The molecule has 96 valence electrons. The van der Waals surface area contributed by atoms with Gasteiger partial charge in [-0.15, -0.1) is 0 Å². The van der Waals surface area contributed by atoms with E-state index in [4.69, 9.17) is 9.84 Å². The summed E-state index contributed by atoms with van der Waals surface area (Å²) >= 11 is 0. The molecule has 0 aromatic carbocycles. The molecule has 7 heteroatoms. The number of sulfonamides is 1. The summed E-state index contributed by atoms with van der Waals surface area (Å²) in [5, 5.41) is 8.63. The summed E-state index contributed by atoms with van der Waals surface area (Å²) in [6, 6.07) is 0. The maximum atomic E-state index is 11.7. The zero-order chi connectivity index (χ0) is 12.6. The molecule has 16 heavy (non-hydrogen) atoms. The standard InChI is InChI=1S/C9H19NO5S/c1-3-4-7-16(13,14)10(5-6-15-2)8-9(11)12/h3-8H2,1-2H3,(H,11,12). The molecule has 0 heterocycles. The van der Waals surface area contributed by atoms with Gasteiger partial charge in [0.25, 0.3) is 0 Å². The molecule has 0 amide bonds. The number of unbranched alkanes of at least 4 members (excludes halogenated alkanes) is 1. The Balaban J connectivity index is 4.52. The Hall–Kier alpha value is -0.660. The Morgan fingerprint density at radius 2 is 2.06 bits per heavy atom. The molecule has 0 rings (SSSR count). The zero-order valence-electron chi connectivity index (χ0n) is 9.68. The Morgan fingerprint density at radius 3 is 2.50 bits per heavy atom. The lowest BCUT2D eigenvalue weighted by Crippen LogP contribution is -2.39. The van der Waals surface area contributed by atoms with E-state index in [1.165, 1.54) is 7.11 Å². The van der Waals surface area contributed by atoms with Gasteiger partial charge in [0.15, 0.2) is 0 Å². The van der Waals surface area contributed by atoms with Gasteiger partial charge in [-0.2, -0.15) is 4.31 Å². The Morgan fingerprint density at radius 1 is 1.44 bits per heavy atom. The number of carboxylic acids is 1. The number of hydrogen-bond acceptors (Lipinski definition) is 4. The highest BCUT2D eigenvalue weighted by atomic mass is 32.2. The number of nitrogens with zero attached hydrogens (tertiary/aromatic N) is 1. The van der Waals surface area contributed by atoms with Gasteiger partial charge in [-0.25, -0.2) is 8.42 Å². The first-order chi connectivity index (χ1) is 7.44. The van der Waals surface area contributed by atoms with E-state index in [0.29, 0.717) is 6.42 Å². The van der Waals surface area contributed by atoms with Crippen LogP contribution in [0.5, 0.6) is 0 Å². The van der Waals surface area contributed by atoms with Crippen molar-refractivity contribution < 1.29 is 23.1 Å². The van der Waals surface area contributed by atoms with Crippen molar-refractivity contribution in [2.45, 2.75) is 19.8 Å². The Labute approximate surface area is 96.2 Å². The van der Waals surface area contributed by atoms with Crippen molar-refractivity contribution in [1.82, 2.24) is 4.31 Å². The molecule has 0 unspecified atom stereocenters. The second-order valence-electron chi connectivity index (χ2n) is 3.39. The van der Waals surface area contributed by atoms with Crippen molar-refractivity contribution in [3.05, 3.63) is 0 Å². The van der Waals surface area contributed by atoms with Crippen LogP contribution >= 0.6 is 0 Å². The lowest BCUT2D eigenvalue weighted by molar-refractivity contribution is -0.137. The molecule has 0 aliphatic rings. The van der Waals surface area contributed by atoms with Gasteiger partial charge < -0.3 is 9.84 Å². The van der Waals surface area contributed by atoms with Gasteiger partial charge >= 0.3 is 5.97 Å². The third kappa shape index (κ3) is 6.04. The molecule has 1 N–H and O–H groups in total. The summed E-state index contributed by atoms with van der Waals surface area (Å²) in [4.78, 5) is 10.5. The lowest BCUT2D eigenvalue weighted by Gasteiger charge is -2.19. The van der Waals surface area contributed by atoms with E-state index in [2.05, 4.69) is 0 Å². The minimum Gasteiger partial charge on any atom is -0.480 e. The topological polar surface area (TPSA) is 83.9 Å². The van der Waals surface area contributed by atoms with Crippen LogP contribution in [0.3, 0.4) is 0 Å². The predicted molar refractivity (Wildman–Crippen MR) is 59.8 cm³/mol. The average Bonchev–Trinajstić information content (AvgIpc) is 2.20. The molecule has 6 nitrogen and oxygen atoms in total. The van der Waals surface area contributed by atoms with Crippen LogP contribution in [0.25, 0.3) is 0 Å². The molecule has 0 aliphatic carbocycles. The fraction of sp³-hybridized carbons (Fsp3) is 0.889. The predicted octanol–water partition coefficient (Wildman–Crippen LogP) is 0.149. The molecule has 0 radical (unpaired) electrons. The SMILES string of the molecule is CCCCS(=O)(=O)N(CCOC)CC(=O)O. The average molecular weight is 253 g/mol.